The van der Waals surface area contributed by atoms with Gasteiger partial charge in [0, 0.05) is 11.4 Å². The van der Waals surface area contributed by atoms with Crippen molar-refractivity contribution >= 4 is 23.2 Å². The van der Waals surface area contributed by atoms with Crippen molar-refractivity contribution in [2.45, 2.75) is 40.2 Å². The lowest BCUT2D eigenvalue weighted by molar-refractivity contribution is -0.138. The molecule has 0 saturated heterocycles. The Labute approximate surface area is 110 Å². The second-order valence-corrected chi connectivity index (χ2v) is 6.30. The van der Waals surface area contributed by atoms with E-state index in [1.807, 2.05) is 27.7 Å². The molecule has 0 radical (unpaired) electrons. The van der Waals surface area contributed by atoms with Crippen molar-refractivity contribution in [2.75, 3.05) is 0 Å². The Hall–Kier alpha value is -1.43. The molecule has 1 aromatic rings. The summed E-state index contributed by atoms with van der Waals surface area (Å²) in [5.74, 6) is -1.25. The number of nitrogens with zero attached hydrogens (tertiary/aromatic N) is 1. The van der Waals surface area contributed by atoms with Gasteiger partial charge in [-0.05, 0) is 12.3 Å². The molecule has 0 aliphatic rings. The summed E-state index contributed by atoms with van der Waals surface area (Å²) in [6.45, 7) is 7.51. The van der Waals surface area contributed by atoms with Crippen LogP contribution in [-0.4, -0.2) is 28.0 Å². The van der Waals surface area contributed by atoms with Crippen LogP contribution in [0.3, 0.4) is 0 Å². The normalized spacial score (nSPS) is 13.1. The first-order chi connectivity index (χ1) is 8.20. The molecule has 1 atom stereocenters. The molecule has 0 saturated carbocycles. The lowest BCUT2D eigenvalue weighted by atomic mass is 9.84. The van der Waals surface area contributed by atoms with Crippen LogP contribution in [0.1, 0.15) is 42.7 Å². The standard InChI is InChI=1S/C12H18N2O3S/c1-7-13-8(6-18-7)11(17)14-9(5-10(15)16)12(2,3)4/h6,9H,5H2,1-4H3,(H,14,17)(H,15,16). The van der Waals surface area contributed by atoms with E-state index >= 15 is 0 Å². The average molecular weight is 270 g/mol. The maximum Gasteiger partial charge on any atom is 0.305 e. The van der Waals surface area contributed by atoms with Crippen LogP contribution < -0.4 is 5.32 Å². The lowest BCUT2D eigenvalue weighted by Gasteiger charge is -2.30. The molecule has 1 aromatic heterocycles. The molecule has 1 unspecified atom stereocenters. The minimum absolute atomic E-state index is 0.0988. The van der Waals surface area contributed by atoms with Crippen LogP contribution in [0.15, 0.2) is 5.38 Å². The molecule has 0 aromatic carbocycles. The predicted octanol–water partition coefficient (Wildman–Crippen LogP) is 2.07. The third-order valence-electron chi connectivity index (χ3n) is 2.58. The van der Waals surface area contributed by atoms with Crippen LogP contribution in [0.25, 0.3) is 0 Å². The molecule has 1 heterocycles. The Morgan fingerprint density at radius 2 is 2.11 bits per heavy atom. The van der Waals surface area contributed by atoms with Crippen LogP contribution in [0.2, 0.25) is 0 Å². The third kappa shape index (κ3) is 4.10. The highest BCUT2D eigenvalue weighted by molar-refractivity contribution is 7.09. The monoisotopic (exact) mass is 270 g/mol. The molecular formula is C12H18N2O3S. The molecule has 1 amide bonds. The number of aryl methyl sites for hydroxylation is 1. The van der Waals surface area contributed by atoms with Gasteiger partial charge in [-0.1, -0.05) is 20.8 Å². The van der Waals surface area contributed by atoms with Gasteiger partial charge in [-0.25, -0.2) is 4.98 Å². The number of carboxylic acid groups (broad SMARTS) is 1. The van der Waals surface area contributed by atoms with E-state index < -0.39 is 12.0 Å². The molecule has 2 N–H and O–H groups in total. The van der Waals surface area contributed by atoms with Crippen LogP contribution in [0.4, 0.5) is 0 Å². The number of aromatic nitrogens is 1. The second-order valence-electron chi connectivity index (χ2n) is 5.24. The summed E-state index contributed by atoms with van der Waals surface area (Å²) in [5, 5.41) is 14.1. The summed E-state index contributed by atoms with van der Waals surface area (Å²) >= 11 is 1.39. The fourth-order valence-electron chi connectivity index (χ4n) is 1.45. The fourth-order valence-corrected chi connectivity index (χ4v) is 2.04. The highest BCUT2D eigenvalue weighted by Crippen LogP contribution is 2.22. The maximum atomic E-state index is 11.9. The third-order valence-corrected chi connectivity index (χ3v) is 3.35. The highest BCUT2D eigenvalue weighted by Gasteiger charge is 2.29. The minimum atomic E-state index is -0.926. The van der Waals surface area contributed by atoms with Crippen molar-refractivity contribution in [3.05, 3.63) is 16.1 Å². The van der Waals surface area contributed by atoms with E-state index in [0.29, 0.717) is 5.69 Å². The van der Waals surface area contributed by atoms with Crippen molar-refractivity contribution in [3.8, 4) is 0 Å². The van der Waals surface area contributed by atoms with Gasteiger partial charge in [-0.15, -0.1) is 11.3 Å². The quantitative estimate of drug-likeness (QED) is 0.877. The minimum Gasteiger partial charge on any atom is -0.481 e. The number of aliphatic carboxylic acids is 1. The number of hydrogen-bond acceptors (Lipinski definition) is 4. The average Bonchev–Trinajstić information content (AvgIpc) is 2.61. The zero-order valence-electron chi connectivity index (χ0n) is 11.0. The first kappa shape index (κ1) is 14.6. The number of carboxylic acids is 1. The van der Waals surface area contributed by atoms with Crippen molar-refractivity contribution in [1.82, 2.24) is 10.3 Å². The summed E-state index contributed by atoms with van der Waals surface area (Å²) in [6, 6.07) is -0.426. The summed E-state index contributed by atoms with van der Waals surface area (Å²) in [4.78, 5) is 26.8. The molecule has 0 aliphatic carbocycles. The Bertz CT molecular complexity index is 448. The molecule has 18 heavy (non-hydrogen) atoms. The SMILES string of the molecule is Cc1nc(C(=O)NC(CC(=O)O)C(C)(C)C)cs1. The zero-order valence-corrected chi connectivity index (χ0v) is 11.8. The predicted molar refractivity (Wildman–Crippen MR) is 69.8 cm³/mol. The molecule has 1 rings (SSSR count). The van der Waals surface area contributed by atoms with Crippen molar-refractivity contribution in [3.63, 3.8) is 0 Å². The van der Waals surface area contributed by atoms with Gasteiger partial charge < -0.3 is 10.4 Å². The second kappa shape index (κ2) is 5.48. The number of nitrogens with one attached hydrogen (secondary N) is 1. The number of carbonyl (C=O) groups excluding carboxylic acids is 1. The Morgan fingerprint density at radius 3 is 2.50 bits per heavy atom. The van der Waals surface area contributed by atoms with E-state index in [-0.39, 0.29) is 17.7 Å². The summed E-state index contributed by atoms with van der Waals surface area (Å²) < 4.78 is 0. The van der Waals surface area contributed by atoms with Crippen LogP contribution >= 0.6 is 11.3 Å². The summed E-state index contributed by atoms with van der Waals surface area (Å²) in [6.07, 6.45) is -0.0988. The van der Waals surface area contributed by atoms with Crippen molar-refractivity contribution in [2.24, 2.45) is 5.41 Å². The van der Waals surface area contributed by atoms with Gasteiger partial charge in [0.15, 0.2) is 0 Å². The molecule has 0 spiro atoms. The number of thiazole rings is 1. The van der Waals surface area contributed by atoms with E-state index in [0.717, 1.165) is 5.01 Å². The molecule has 5 nitrogen and oxygen atoms in total. The Morgan fingerprint density at radius 1 is 1.50 bits per heavy atom. The van der Waals surface area contributed by atoms with Crippen molar-refractivity contribution < 1.29 is 14.7 Å². The molecule has 100 valence electrons. The maximum absolute atomic E-state index is 11.9. The van der Waals surface area contributed by atoms with E-state index in [1.54, 1.807) is 5.38 Å². The molecule has 0 aliphatic heterocycles. The van der Waals surface area contributed by atoms with Gasteiger partial charge in [-0.3, -0.25) is 9.59 Å². The van der Waals surface area contributed by atoms with Crippen LogP contribution in [-0.2, 0) is 4.79 Å². The van der Waals surface area contributed by atoms with E-state index in [9.17, 15) is 9.59 Å². The van der Waals surface area contributed by atoms with Gasteiger partial charge in [-0.2, -0.15) is 0 Å². The summed E-state index contributed by atoms with van der Waals surface area (Å²) in [5.41, 5.74) is 0.0243. The van der Waals surface area contributed by atoms with Gasteiger partial charge in [0.1, 0.15) is 5.69 Å². The molecule has 0 fully saturated rings. The smallest absolute Gasteiger partial charge is 0.305 e. The van der Waals surface area contributed by atoms with E-state index in [2.05, 4.69) is 10.3 Å². The van der Waals surface area contributed by atoms with Gasteiger partial charge in [0.2, 0.25) is 0 Å². The van der Waals surface area contributed by atoms with E-state index in [4.69, 9.17) is 5.11 Å². The largest absolute Gasteiger partial charge is 0.481 e. The Kier molecular flexibility index (Phi) is 4.45. The van der Waals surface area contributed by atoms with Crippen molar-refractivity contribution in [1.29, 1.82) is 0 Å². The number of rotatable bonds is 4. The molecule has 0 bridgehead atoms. The van der Waals surface area contributed by atoms with E-state index in [1.165, 1.54) is 11.3 Å². The lowest BCUT2D eigenvalue weighted by Crippen LogP contribution is -2.45. The topological polar surface area (TPSA) is 79.3 Å². The van der Waals surface area contributed by atoms with Gasteiger partial charge in [0.25, 0.3) is 5.91 Å². The number of amides is 1. The number of hydrogen-bond donors (Lipinski definition) is 2. The van der Waals surface area contributed by atoms with Crippen LogP contribution in [0.5, 0.6) is 0 Å². The molecule has 6 heteroatoms. The first-order valence-corrected chi connectivity index (χ1v) is 6.53. The zero-order chi connectivity index (χ0) is 13.9. The Balaban J connectivity index is 2.78. The first-order valence-electron chi connectivity index (χ1n) is 5.65. The van der Waals surface area contributed by atoms with Crippen LogP contribution in [0, 0.1) is 12.3 Å². The highest BCUT2D eigenvalue weighted by atomic mass is 32.1. The fraction of sp³-hybridized carbons (Fsp3) is 0.583. The van der Waals surface area contributed by atoms with Gasteiger partial charge in [0.05, 0.1) is 11.4 Å². The van der Waals surface area contributed by atoms with Gasteiger partial charge >= 0.3 is 5.97 Å². The summed E-state index contributed by atoms with van der Waals surface area (Å²) in [7, 11) is 0. The number of carbonyl (C=O) groups is 2. The molecular weight excluding hydrogens is 252 g/mol.